The van der Waals surface area contributed by atoms with Gasteiger partial charge in [0.25, 0.3) is 0 Å². The Balaban J connectivity index is 1.77. The van der Waals surface area contributed by atoms with Crippen molar-refractivity contribution in [3.05, 3.63) is 145 Å². The molecule has 0 radical (unpaired) electrons. The number of benzene rings is 7. The van der Waals surface area contributed by atoms with Crippen molar-refractivity contribution in [2.45, 2.75) is 0 Å². The van der Waals surface area contributed by atoms with Crippen molar-refractivity contribution in [1.29, 1.82) is 0 Å². The molecule has 0 aliphatic rings. The normalized spacial score (nSPS) is 19.8. The molecule has 0 N–H and O–H groups in total. The molecule has 1 nitrogen and oxygen atoms in total. The Morgan fingerprint density at radius 1 is 0.436 bits per heavy atom. The minimum absolute atomic E-state index is 0.399. The maximum Gasteiger partial charge on any atom is 0.134 e. The van der Waals surface area contributed by atoms with E-state index in [-0.39, 0.29) is 0 Å². The summed E-state index contributed by atoms with van der Waals surface area (Å²) in [4.78, 5) is 0. The van der Waals surface area contributed by atoms with E-state index in [2.05, 4.69) is 0 Å². The smallest absolute Gasteiger partial charge is 0.134 e. The van der Waals surface area contributed by atoms with Crippen molar-refractivity contribution < 1.29 is 35.9 Å². The SMILES string of the molecule is [2H]c1oc2c([2H])c([2H])c([2H])c([2H])c2c1-c1cc(-c2c3c([2H])c([2H])c([2H])c([2H])c3c(-c3c([2H])c([2H])c([2H])c([2H])c3[2H])c3c([2H])c([2H])c([2H])c([2H])c23)c([2H])c2c([2H])c([2H])c([2H])c([2H])c12. The summed E-state index contributed by atoms with van der Waals surface area (Å²) in [5.74, 6) is 0. The van der Waals surface area contributed by atoms with Gasteiger partial charge in [-0.05, 0) is 78.3 Å². The van der Waals surface area contributed by atoms with Gasteiger partial charge in [-0.2, -0.15) is 0 Å². The molecule has 0 fully saturated rings. The molecule has 0 atom stereocenters. The van der Waals surface area contributed by atoms with Gasteiger partial charge >= 0.3 is 0 Å². The van der Waals surface area contributed by atoms with Gasteiger partial charge in [-0.25, -0.2) is 0 Å². The molecule has 0 saturated heterocycles. The zero-order valence-electron chi connectivity index (χ0n) is 42.5. The predicted octanol–water partition coefficient (Wildman–Crippen LogP) is 10.9. The zero-order valence-corrected chi connectivity index (χ0v) is 19.5. The molecule has 8 rings (SSSR count). The largest absolute Gasteiger partial charge is 0.464 e. The van der Waals surface area contributed by atoms with Gasteiger partial charge in [-0.15, -0.1) is 0 Å². The van der Waals surface area contributed by atoms with Gasteiger partial charge in [-0.3, -0.25) is 0 Å². The summed E-state index contributed by atoms with van der Waals surface area (Å²) in [7, 11) is 0. The first-order valence-corrected chi connectivity index (χ1v) is 11.5. The molecule has 1 heterocycles. The molecule has 0 aliphatic carbocycles. The highest BCUT2D eigenvalue weighted by Gasteiger charge is 2.19. The van der Waals surface area contributed by atoms with E-state index in [9.17, 15) is 6.85 Å². The van der Waals surface area contributed by atoms with Crippen LogP contribution in [0.4, 0.5) is 0 Å². The van der Waals surface area contributed by atoms with E-state index in [1.54, 1.807) is 0 Å². The van der Waals surface area contributed by atoms with Gasteiger partial charge in [0, 0.05) is 10.9 Å². The number of hydrogen-bond donors (Lipinski definition) is 0. The first-order valence-electron chi connectivity index (χ1n) is 23.0. The number of para-hydroxylation sites is 1. The molecule has 39 heavy (non-hydrogen) atoms. The van der Waals surface area contributed by atoms with E-state index < -0.39 is 216 Å². The van der Waals surface area contributed by atoms with E-state index in [1.165, 1.54) is 0 Å². The molecule has 1 aromatic heterocycles. The van der Waals surface area contributed by atoms with E-state index >= 15 is 0 Å². The predicted molar refractivity (Wildman–Crippen MR) is 165 cm³/mol. The molecule has 7 aromatic carbocycles. The third kappa shape index (κ3) is 3.41. The lowest BCUT2D eigenvalue weighted by molar-refractivity contribution is 0.617. The van der Waals surface area contributed by atoms with Gasteiger partial charge < -0.3 is 4.42 Å². The lowest BCUT2D eigenvalue weighted by Crippen LogP contribution is -1.91. The summed E-state index contributed by atoms with van der Waals surface area (Å²) in [5.41, 5.74) is -3.72. The highest BCUT2D eigenvalue weighted by molar-refractivity contribution is 6.22. The molecule has 0 bridgehead atoms. The van der Waals surface area contributed by atoms with Crippen LogP contribution >= 0.6 is 0 Å². The molecule has 0 aliphatic heterocycles. The van der Waals surface area contributed by atoms with Crippen molar-refractivity contribution in [2.75, 3.05) is 0 Å². The summed E-state index contributed by atoms with van der Waals surface area (Å²) in [6.45, 7) is 0. The minimum atomic E-state index is -0.907. The fourth-order valence-electron chi connectivity index (χ4n) is 4.74. The van der Waals surface area contributed by atoms with Crippen LogP contribution in [0.25, 0.3) is 76.7 Å². The van der Waals surface area contributed by atoms with Crippen LogP contribution in [-0.4, -0.2) is 0 Å². The summed E-state index contributed by atoms with van der Waals surface area (Å²) in [5, 5.41) is -3.84. The van der Waals surface area contributed by atoms with E-state index in [1.807, 2.05) is 0 Å². The standard InChI is InChI=1S/C38H24O/c1-2-12-25(13-3-1)37-30-17-6-8-19-32(30)38(33-20-9-7-18-31(33)37)27-22-26-14-4-5-15-28(26)34(23-27)35-24-39-36-21-11-10-16-29(35)36/h1-24H/i1D,2D,3D,4D,5D,6D,7D,8D,9D,10D,11D,12D,13D,14D,15D,16D,17D,18D,19D,20D,21D,22D,24D. The van der Waals surface area contributed by atoms with Crippen LogP contribution in [0.2, 0.25) is 0 Å². The van der Waals surface area contributed by atoms with Crippen molar-refractivity contribution in [2.24, 2.45) is 0 Å². The van der Waals surface area contributed by atoms with Crippen LogP contribution in [-0.2, 0) is 0 Å². The Hall–Kier alpha value is -5.14. The van der Waals surface area contributed by atoms with Crippen molar-refractivity contribution in [3.8, 4) is 33.4 Å². The second-order valence-corrected chi connectivity index (χ2v) is 8.38. The molecule has 0 amide bonds. The maximum absolute atomic E-state index is 9.66. The van der Waals surface area contributed by atoms with Crippen molar-refractivity contribution in [1.82, 2.24) is 0 Å². The average Bonchev–Trinajstić information content (AvgIpc) is 3.60. The average molecular weight is 520 g/mol. The van der Waals surface area contributed by atoms with Crippen LogP contribution in [0.15, 0.2) is 150 Å². The third-order valence-corrected chi connectivity index (χ3v) is 6.33. The quantitative estimate of drug-likeness (QED) is 0.212. The van der Waals surface area contributed by atoms with Gasteiger partial charge in [0.05, 0.1) is 36.4 Å². The van der Waals surface area contributed by atoms with Gasteiger partial charge in [0.1, 0.15) is 6.95 Å². The molecule has 0 spiro atoms. The van der Waals surface area contributed by atoms with Crippen LogP contribution in [0.5, 0.6) is 0 Å². The Kier molecular flexibility index (Phi) is 2.00. The first kappa shape index (κ1) is 8.97. The molecule has 0 unspecified atom stereocenters. The Bertz CT molecular complexity index is 3330. The molecule has 0 saturated carbocycles. The molecular weight excluding hydrogens is 472 g/mol. The van der Waals surface area contributed by atoms with Crippen molar-refractivity contribution in [3.63, 3.8) is 0 Å². The van der Waals surface area contributed by atoms with E-state index in [0.29, 0.717) is 0 Å². The number of fused-ring (bicyclic) bond motifs is 4. The number of rotatable bonds is 3. The summed E-state index contributed by atoms with van der Waals surface area (Å²) in [6.07, 6.45) is -0.820. The minimum Gasteiger partial charge on any atom is -0.464 e. The summed E-state index contributed by atoms with van der Waals surface area (Å²) in [6, 6.07) is -17.5. The molecular formula is C38H24O. The highest BCUT2D eigenvalue weighted by Crippen LogP contribution is 2.46. The molecule has 1 heteroatoms. The summed E-state index contributed by atoms with van der Waals surface area (Å²) >= 11 is 0. The lowest BCUT2D eigenvalue weighted by Gasteiger charge is -2.19. The Labute approximate surface area is 258 Å². The highest BCUT2D eigenvalue weighted by atomic mass is 16.3. The topological polar surface area (TPSA) is 13.1 Å². The van der Waals surface area contributed by atoms with Gasteiger partial charge in [0.15, 0.2) is 0 Å². The fourth-order valence-corrected chi connectivity index (χ4v) is 4.74. The van der Waals surface area contributed by atoms with Crippen LogP contribution in [0.3, 0.4) is 0 Å². The number of furan rings is 1. The fraction of sp³-hybridized carbons (Fsp3) is 0. The monoisotopic (exact) mass is 519 g/mol. The second kappa shape index (κ2) is 8.72. The van der Waals surface area contributed by atoms with Gasteiger partial charge in [-0.1, -0.05) is 121 Å². The Morgan fingerprint density at radius 3 is 1.62 bits per heavy atom. The number of hydrogen-bond acceptors (Lipinski definition) is 1. The van der Waals surface area contributed by atoms with E-state index in [0.717, 1.165) is 6.07 Å². The summed E-state index contributed by atoms with van der Waals surface area (Å²) < 4.78 is 208. The lowest BCUT2D eigenvalue weighted by atomic mass is 9.84. The van der Waals surface area contributed by atoms with Crippen LogP contribution < -0.4 is 0 Å². The molecule has 8 aromatic rings. The maximum atomic E-state index is 9.66. The second-order valence-electron chi connectivity index (χ2n) is 8.38. The molecule has 182 valence electrons. The third-order valence-electron chi connectivity index (χ3n) is 6.33. The van der Waals surface area contributed by atoms with Gasteiger partial charge in [0.2, 0.25) is 0 Å². The van der Waals surface area contributed by atoms with Crippen LogP contribution in [0.1, 0.15) is 31.5 Å². The van der Waals surface area contributed by atoms with E-state index in [4.69, 9.17) is 29.1 Å². The Morgan fingerprint density at radius 2 is 0.949 bits per heavy atom. The zero-order chi connectivity index (χ0) is 45.8. The first-order chi connectivity index (χ1) is 28.9. The van der Waals surface area contributed by atoms with Crippen LogP contribution in [0, 0.1) is 0 Å². The van der Waals surface area contributed by atoms with Crippen molar-refractivity contribution >= 4 is 43.3 Å².